The molecule has 136 valence electrons. The molecule has 0 aliphatic carbocycles. The number of carbonyl (C=O) groups is 2. The Balaban J connectivity index is 2.17. The summed E-state index contributed by atoms with van der Waals surface area (Å²) < 4.78 is 5.07. The lowest BCUT2D eigenvalue weighted by atomic mass is 10.0. The highest BCUT2D eigenvalue weighted by molar-refractivity contribution is 5.95. The van der Waals surface area contributed by atoms with Gasteiger partial charge in [0.1, 0.15) is 6.04 Å². The number of rotatable bonds is 8. The van der Waals surface area contributed by atoms with Crippen LogP contribution in [0.2, 0.25) is 0 Å². The Hall–Kier alpha value is -2.14. The van der Waals surface area contributed by atoms with Gasteiger partial charge in [0.05, 0.1) is 13.2 Å². The summed E-state index contributed by atoms with van der Waals surface area (Å²) >= 11 is 0. The largest absolute Gasteiger partial charge is 0.383 e. The number of carbonyl (C=O) groups excluding carboxylic acids is 2. The Morgan fingerprint density at radius 1 is 1.20 bits per heavy atom. The van der Waals surface area contributed by atoms with Crippen LogP contribution in [0, 0.1) is 0 Å². The third-order valence-corrected chi connectivity index (χ3v) is 4.38. The molecule has 1 fully saturated rings. The zero-order valence-corrected chi connectivity index (χ0v) is 15.4. The SMILES string of the molecule is COCCN1CC(=O)N(CCC=C(C)C)[C@H](Cc2ccccc2)C1=O. The van der Waals surface area contributed by atoms with Gasteiger partial charge in [0.15, 0.2) is 0 Å². The molecule has 1 aliphatic rings. The van der Waals surface area contributed by atoms with E-state index in [1.54, 1.807) is 16.9 Å². The summed E-state index contributed by atoms with van der Waals surface area (Å²) in [5.41, 5.74) is 2.28. The van der Waals surface area contributed by atoms with Gasteiger partial charge in [-0.1, -0.05) is 42.0 Å². The van der Waals surface area contributed by atoms with Gasteiger partial charge in [-0.2, -0.15) is 0 Å². The van der Waals surface area contributed by atoms with Crippen LogP contribution in [0.25, 0.3) is 0 Å². The number of hydrogen-bond donors (Lipinski definition) is 0. The second kappa shape index (κ2) is 9.37. The van der Waals surface area contributed by atoms with Crippen molar-refractivity contribution in [2.75, 3.05) is 33.4 Å². The van der Waals surface area contributed by atoms with Crippen molar-refractivity contribution in [3.8, 4) is 0 Å². The van der Waals surface area contributed by atoms with E-state index in [-0.39, 0.29) is 18.4 Å². The normalized spacial score (nSPS) is 17.8. The Labute approximate surface area is 150 Å². The molecule has 0 spiro atoms. The first kappa shape index (κ1) is 19.2. The Bertz CT molecular complexity index is 609. The highest BCUT2D eigenvalue weighted by atomic mass is 16.5. The average molecular weight is 344 g/mol. The topological polar surface area (TPSA) is 49.9 Å². The first-order valence-corrected chi connectivity index (χ1v) is 8.77. The molecule has 25 heavy (non-hydrogen) atoms. The summed E-state index contributed by atoms with van der Waals surface area (Å²) in [6.07, 6.45) is 3.42. The van der Waals surface area contributed by atoms with E-state index in [1.165, 1.54) is 5.57 Å². The first-order chi connectivity index (χ1) is 12.0. The molecule has 1 aliphatic heterocycles. The van der Waals surface area contributed by atoms with E-state index < -0.39 is 6.04 Å². The molecule has 0 aromatic heterocycles. The van der Waals surface area contributed by atoms with Crippen molar-refractivity contribution in [1.29, 1.82) is 0 Å². The van der Waals surface area contributed by atoms with Gasteiger partial charge in [-0.15, -0.1) is 0 Å². The van der Waals surface area contributed by atoms with Gasteiger partial charge < -0.3 is 14.5 Å². The van der Waals surface area contributed by atoms with Crippen molar-refractivity contribution in [3.05, 3.63) is 47.5 Å². The number of piperazine rings is 1. The molecule has 5 nitrogen and oxygen atoms in total. The molecule has 0 radical (unpaired) electrons. The second-order valence-corrected chi connectivity index (χ2v) is 6.62. The maximum atomic E-state index is 12.9. The number of allylic oxidation sites excluding steroid dienone is 1. The molecular formula is C20H28N2O3. The molecule has 0 N–H and O–H groups in total. The minimum absolute atomic E-state index is 0.0118. The van der Waals surface area contributed by atoms with Crippen LogP contribution < -0.4 is 0 Å². The molecule has 0 saturated carbocycles. The quantitative estimate of drug-likeness (QED) is 0.680. The van der Waals surface area contributed by atoms with Crippen molar-refractivity contribution in [2.24, 2.45) is 0 Å². The fourth-order valence-corrected chi connectivity index (χ4v) is 3.05. The second-order valence-electron chi connectivity index (χ2n) is 6.62. The summed E-state index contributed by atoms with van der Waals surface area (Å²) in [6.45, 7) is 5.69. The molecule has 0 unspecified atom stereocenters. The number of benzene rings is 1. The predicted molar refractivity (Wildman–Crippen MR) is 98.2 cm³/mol. The molecule has 1 saturated heterocycles. The summed E-state index contributed by atoms with van der Waals surface area (Å²) in [6, 6.07) is 9.43. The number of nitrogens with zero attached hydrogens (tertiary/aromatic N) is 2. The molecular weight excluding hydrogens is 316 g/mol. The highest BCUT2D eigenvalue weighted by Crippen LogP contribution is 2.18. The first-order valence-electron chi connectivity index (χ1n) is 8.77. The molecule has 1 aromatic rings. The molecule has 2 amide bonds. The predicted octanol–water partition coefficient (Wildman–Crippen LogP) is 2.27. The van der Waals surface area contributed by atoms with Gasteiger partial charge in [-0.25, -0.2) is 0 Å². The van der Waals surface area contributed by atoms with E-state index in [4.69, 9.17) is 4.74 Å². The molecule has 2 rings (SSSR count). The lowest BCUT2D eigenvalue weighted by molar-refractivity contribution is -0.156. The summed E-state index contributed by atoms with van der Waals surface area (Å²) in [5, 5.41) is 0. The maximum Gasteiger partial charge on any atom is 0.246 e. The number of hydrogen-bond acceptors (Lipinski definition) is 3. The maximum absolute atomic E-state index is 12.9. The van der Waals surface area contributed by atoms with Crippen LogP contribution in [-0.4, -0.2) is 61.0 Å². The van der Waals surface area contributed by atoms with Gasteiger partial charge in [0.25, 0.3) is 0 Å². The number of ether oxygens (including phenoxy) is 1. The van der Waals surface area contributed by atoms with Crippen molar-refractivity contribution >= 4 is 11.8 Å². The third-order valence-electron chi connectivity index (χ3n) is 4.38. The van der Waals surface area contributed by atoms with E-state index in [0.29, 0.717) is 26.1 Å². The van der Waals surface area contributed by atoms with E-state index in [9.17, 15) is 9.59 Å². The van der Waals surface area contributed by atoms with Crippen molar-refractivity contribution in [3.63, 3.8) is 0 Å². The highest BCUT2D eigenvalue weighted by Gasteiger charge is 2.38. The molecule has 1 aromatic carbocycles. The molecule has 0 bridgehead atoms. The molecule has 1 heterocycles. The lowest BCUT2D eigenvalue weighted by Gasteiger charge is -2.40. The Morgan fingerprint density at radius 2 is 1.92 bits per heavy atom. The van der Waals surface area contributed by atoms with Crippen LogP contribution >= 0.6 is 0 Å². The van der Waals surface area contributed by atoms with Crippen LogP contribution in [-0.2, 0) is 20.7 Å². The molecule has 1 atom stereocenters. The van der Waals surface area contributed by atoms with Crippen LogP contribution in [0.5, 0.6) is 0 Å². The zero-order chi connectivity index (χ0) is 18.2. The number of amides is 2. The van der Waals surface area contributed by atoms with Crippen molar-refractivity contribution < 1.29 is 14.3 Å². The lowest BCUT2D eigenvalue weighted by Crippen LogP contribution is -2.61. The summed E-state index contributed by atoms with van der Waals surface area (Å²) in [4.78, 5) is 29.0. The van der Waals surface area contributed by atoms with Crippen LogP contribution in [0.3, 0.4) is 0 Å². The Kier molecular flexibility index (Phi) is 7.19. The fraction of sp³-hybridized carbons (Fsp3) is 0.500. The smallest absolute Gasteiger partial charge is 0.246 e. The van der Waals surface area contributed by atoms with Crippen LogP contribution in [0.4, 0.5) is 0 Å². The van der Waals surface area contributed by atoms with E-state index in [1.807, 2.05) is 44.2 Å². The fourth-order valence-electron chi connectivity index (χ4n) is 3.05. The monoisotopic (exact) mass is 344 g/mol. The third kappa shape index (κ3) is 5.43. The summed E-state index contributed by atoms with van der Waals surface area (Å²) in [5.74, 6) is 0.0245. The number of methoxy groups -OCH3 is 1. The molecule has 5 heteroatoms. The minimum Gasteiger partial charge on any atom is -0.383 e. The van der Waals surface area contributed by atoms with E-state index in [2.05, 4.69) is 6.08 Å². The zero-order valence-electron chi connectivity index (χ0n) is 15.4. The Morgan fingerprint density at radius 3 is 2.56 bits per heavy atom. The van der Waals surface area contributed by atoms with Gasteiger partial charge in [0.2, 0.25) is 11.8 Å². The summed E-state index contributed by atoms with van der Waals surface area (Å²) in [7, 11) is 1.60. The average Bonchev–Trinajstić information content (AvgIpc) is 2.59. The standard InChI is InChI=1S/C20H28N2O3/c1-16(2)8-7-11-22-18(14-17-9-5-4-6-10-17)20(24)21(12-13-25-3)15-19(22)23/h4-6,8-10,18H,7,11-15H2,1-3H3/t18-/m1/s1. The van der Waals surface area contributed by atoms with Gasteiger partial charge in [-0.05, 0) is 25.8 Å². The van der Waals surface area contributed by atoms with E-state index in [0.717, 1.165) is 12.0 Å². The van der Waals surface area contributed by atoms with Gasteiger partial charge in [0, 0.05) is 26.6 Å². The van der Waals surface area contributed by atoms with Crippen LogP contribution in [0.15, 0.2) is 42.0 Å². The van der Waals surface area contributed by atoms with Crippen molar-refractivity contribution in [1.82, 2.24) is 9.80 Å². The van der Waals surface area contributed by atoms with E-state index >= 15 is 0 Å². The van der Waals surface area contributed by atoms with Gasteiger partial charge in [-0.3, -0.25) is 9.59 Å². The van der Waals surface area contributed by atoms with Crippen LogP contribution in [0.1, 0.15) is 25.8 Å². The van der Waals surface area contributed by atoms with Gasteiger partial charge >= 0.3 is 0 Å². The minimum atomic E-state index is -0.439. The van der Waals surface area contributed by atoms with Crippen molar-refractivity contribution in [2.45, 2.75) is 32.7 Å².